The third-order valence-electron chi connectivity index (χ3n) is 4.12. The summed E-state index contributed by atoms with van der Waals surface area (Å²) >= 11 is 0. The minimum atomic E-state index is -3.23. The molecule has 0 bridgehead atoms. The summed E-state index contributed by atoms with van der Waals surface area (Å²) in [6, 6.07) is 12.4. The monoisotopic (exact) mass is 363 g/mol. The highest BCUT2D eigenvalue weighted by Gasteiger charge is 2.15. The van der Waals surface area contributed by atoms with Crippen molar-refractivity contribution in [2.75, 3.05) is 6.26 Å². The molecule has 25 heavy (non-hydrogen) atoms. The SMILES string of the molecule is CC(CC(=O)NC(C)c1ccc(S(C)(=O)=O)cc1)c1ccc(F)cc1. The van der Waals surface area contributed by atoms with Crippen LogP contribution in [0.2, 0.25) is 0 Å². The predicted octanol–water partition coefficient (Wildman–Crippen LogP) is 3.60. The van der Waals surface area contributed by atoms with Crippen LogP contribution >= 0.6 is 0 Å². The highest BCUT2D eigenvalue weighted by Crippen LogP contribution is 2.21. The number of amides is 1. The van der Waals surface area contributed by atoms with E-state index in [0.29, 0.717) is 0 Å². The number of hydrogen-bond acceptors (Lipinski definition) is 3. The van der Waals surface area contributed by atoms with Crippen molar-refractivity contribution in [3.63, 3.8) is 0 Å². The second-order valence-electron chi connectivity index (χ2n) is 6.29. The molecule has 0 radical (unpaired) electrons. The van der Waals surface area contributed by atoms with Gasteiger partial charge in [-0.2, -0.15) is 0 Å². The minimum absolute atomic E-state index is 0.0274. The van der Waals surface area contributed by atoms with Crippen LogP contribution in [0, 0.1) is 5.82 Å². The van der Waals surface area contributed by atoms with Gasteiger partial charge in [-0.15, -0.1) is 0 Å². The van der Waals surface area contributed by atoms with Crippen LogP contribution in [-0.2, 0) is 14.6 Å². The largest absolute Gasteiger partial charge is 0.350 e. The van der Waals surface area contributed by atoms with Gasteiger partial charge in [-0.05, 0) is 48.2 Å². The fraction of sp³-hybridized carbons (Fsp3) is 0.316. The Morgan fingerprint density at radius 1 is 1.00 bits per heavy atom. The van der Waals surface area contributed by atoms with Gasteiger partial charge in [-0.3, -0.25) is 4.79 Å². The number of carbonyl (C=O) groups excluding carboxylic acids is 1. The van der Waals surface area contributed by atoms with E-state index in [9.17, 15) is 17.6 Å². The van der Waals surface area contributed by atoms with E-state index >= 15 is 0 Å². The molecule has 2 aromatic rings. The molecule has 0 saturated carbocycles. The third-order valence-corrected chi connectivity index (χ3v) is 5.24. The molecule has 0 spiro atoms. The highest BCUT2D eigenvalue weighted by molar-refractivity contribution is 7.90. The van der Waals surface area contributed by atoms with Gasteiger partial charge in [-0.1, -0.05) is 31.2 Å². The fourth-order valence-corrected chi connectivity index (χ4v) is 3.21. The first-order valence-electron chi connectivity index (χ1n) is 8.01. The molecule has 2 rings (SSSR count). The van der Waals surface area contributed by atoms with Crippen LogP contribution in [-0.4, -0.2) is 20.6 Å². The maximum Gasteiger partial charge on any atom is 0.221 e. The molecule has 4 nitrogen and oxygen atoms in total. The Morgan fingerprint density at radius 3 is 2.04 bits per heavy atom. The van der Waals surface area contributed by atoms with Crippen molar-refractivity contribution in [3.05, 3.63) is 65.5 Å². The van der Waals surface area contributed by atoms with Crippen LogP contribution < -0.4 is 5.32 Å². The van der Waals surface area contributed by atoms with E-state index in [1.165, 1.54) is 24.3 Å². The molecular weight excluding hydrogens is 341 g/mol. The lowest BCUT2D eigenvalue weighted by atomic mass is 9.97. The zero-order valence-electron chi connectivity index (χ0n) is 14.5. The van der Waals surface area contributed by atoms with Gasteiger partial charge in [0.15, 0.2) is 9.84 Å². The van der Waals surface area contributed by atoms with Gasteiger partial charge in [0, 0.05) is 12.7 Å². The minimum Gasteiger partial charge on any atom is -0.350 e. The molecule has 0 aliphatic carbocycles. The summed E-state index contributed by atoms with van der Waals surface area (Å²) in [5.74, 6) is -0.441. The summed E-state index contributed by atoms with van der Waals surface area (Å²) in [6.45, 7) is 3.76. The van der Waals surface area contributed by atoms with E-state index in [4.69, 9.17) is 0 Å². The quantitative estimate of drug-likeness (QED) is 0.853. The van der Waals surface area contributed by atoms with Crippen LogP contribution in [0.4, 0.5) is 4.39 Å². The molecule has 2 aromatic carbocycles. The maximum absolute atomic E-state index is 13.0. The molecule has 0 heterocycles. The van der Waals surface area contributed by atoms with E-state index in [2.05, 4.69) is 5.32 Å². The fourth-order valence-electron chi connectivity index (χ4n) is 2.57. The predicted molar refractivity (Wildman–Crippen MR) is 95.5 cm³/mol. The molecule has 0 aliphatic rings. The Bertz CT molecular complexity index is 830. The van der Waals surface area contributed by atoms with Crippen molar-refractivity contribution in [2.45, 2.75) is 37.1 Å². The van der Waals surface area contributed by atoms with Crippen molar-refractivity contribution in [1.82, 2.24) is 5.32 Å². The van der Waals surface area contributed by atoms with Crippen LogP contribution in [0.3, 0.4) is 0 Å². The number of hydrogen-bond donors (Lipinski definition) is 1. The molecule has 1 amide bonds. The third kappa shape index (κ3) is 5.39. The topological polar surface area (TPSA) is 63.2 Å². The standard InChI is InChI=1S/C19H22FNO3S/c1-13(15-4-8-17(20)9-5-15)12-19(22)21-14(2)16-6-10-18(11-7-16)25(3,23)24/h4-11,13-14H,12H2,1-3H3,(H,21,22). The highest BCUT2D eigenvalue weighted by atomic mass is 32.2. The number of sulfone groups is 1. The van der Waals surface area contributed by atoms with Gasteiger partial charge in [0.2, 0.25) is 5.91 Å². The van der Waals surface area contributed by atoms with Gasteiger partial charge in [-0.25, -0.2) is 12.8 Å². The first-order valence-corrected chi connectivity index (χ1v) is 9.91. The summed E-state index contributed by atoms with van der Waals surface area (Å²) in [5, 5.41) is 2.90. The average molecular weight is 363 g/mol. The van der Waals surface area contributed by atoms with Gasteiger partial charge in [0.25, 0.3) is 0 Å². The lowest BCUT2D eigenvalue weighted by molar-refractivity contribution is -0.122. The lowest BCUT2D eigenvalue weighted by Gasteiger charge is -2.17. The molecule has 0 fully saturated rings. The van der Waals surface area contributed by atoms with E-state index in [1.54, 1.807) is 24.3 Å². The first-order chi connectivity index (χ1) is 11.7. The molecular formula is C19H22FNO3S. The lowest BCUT2D eigenvalue weighted by Crippen LogP contribution is -2.27. The van der Waals surface area contributed by atoms with Gasteiger partial charge < -0.3 is 5.32 Å². The Kier molecular flexibility index (Phi) is 5.95. The summed E-state index contributed by atoms with van der Waals surface area (Å²) in [7, 11) is -3.23. The number of benzene rings is 2. The molecule has 134 valence electrons. The van der Waals surface area contributed by atoms with Crippen molar-refractivity contribution in [2.24, 2.45) is 0 Å². The number of rotatable bonds is 6. The van der Waals surface area contributed by atoms with Crippen LogP contribution in [0.1, 0.15) is 43.4 Å². The molecule has 0 aliphatic heterocycles. The van der Waals surface area contributed by atoms with Crippen molar-refractivity contribution >= 4 is 15.7 Å². The number of halogens is 1. The van der Waals surface area contributed by atoms with Crippen molar-refractivity contribution < 1.29 is 17.6 Å². The zero-order chi connectivity index (χ0) is 18.6. The smallest absolute Gasteiger partial charge is 0.221 e. The summed E-state index contributed by atoms with van der Waals surface area (Å²) in [4.78, 5) is 12.5. The normalized spacial score (nSPS) is 13.9. The number of carbonyl (C=O) groups is 1. The van der Waals surface area contributed by atoms with Gasteiger partial charge >= 0.3 is 0 Å². The van der Waals surface area contributed by atoms with Gasteiger partial charge in [0.05, 0.1) is 10.9 Å². The molecule has 6 heteroatoms. The maximum atomic E-state index is 13.0. The van der Waals surface area contributed by atoms with Crippen LogP contribution in [0.25, 0.3) is 0 Å². The molecule has 0 saturated heterocycles. The Balaban J connectivity index is 1.96. The molecule has 0 aromatic heterocycles. The summed E-state index contributed by atoms with van der Waals surface area (Å²) < 4.78 is 35.9. The van der Waals surface area contributed by atoms with E-state index < -0.39 is 9.84 Å². The van der Waals surface area contributed by atoms with E-state index in [0.717, 1.165) is 17.4 Å². The average Bonchev–Trinajstić information content (AvgIpc) is 2.54. The summed E-state index contributed by atoms with van der Waals surface area (Å²) in [6.07, 6.45) is 1.45. The second kappa shape index (κ2) is 7.78. The Labute approximate surface area is 148 Å². The van der Waals surface area contributed by atoms with Crippen molar-refractivity contribution in [1.29, 1.82) is 0 Å². The first kappa shape index (κ1) is 19.1. The Morgan fingerprint density at radius 2 is 1.52 bits per heavy atom. The van der Waals surface area contributed by atoms with Crippen LogP contribution in [0.5, 0.6) is 0 Å². The van der Waals surface area contributed by atoms with E-state index in [1.807, 2.05) is 13.8 Å². The molecule has 1 N–H and O–H groups in total. The molecule has 2 unspecified atom stereocenters. The molecule has 2 atom stereocenters. The second-order valence-corrected chi connectivity index (χ2v) is 8.30. The van der Waals surface area contributed by atoms with Crippen molar-refractivity contribution in [3.8, 4) is 0 Å². The van der Waals surface area contributed by atoms with Crippen LogP contribution in [0.15, 0.2) is 53.4 Å². The van der Waals surface area contributed by atoms with E-state index in [-0.39, 0.29) is 35.0 Å². The van der Waals surface area contributed by atoms with Gasteiger partial charge in [0.1, 0.15) is 5.82 Å². The Hall–Kier alpha value is -2.21. The summed E-state index contributed by atoms with van der Waals surface area (Å²) in [5.41, 5.74) is 1.73. The zero-order valence-corrected chi connectivity index (χ0v) is 15.3. The number of nitrogens with one attached hydrogen (secondary N) is 1.